The maximum atomic E-state index is 11.9. The number of urea groups is 1. The average molecular weight is 339 g/mol. The largest absolute Gasteiger partial charge is 0.338 e. The molecule has 2 N–H and O–H groups in total. The fraction of sp³-hybridized carbons (Fsp3) is 0.947. The van der Waals surface area contributed by atoms with Crippen LogP contribution in [0.15, 0.2) is 0 Å². The van der Waals surface area contributed by atoms with E-state index < -0.39 is 0 Å². The number of hydrogen-bond acceptors (Lipinski definition) is 3. The fourth-order valence-electron chi connectivity index (χ4n) is 3.69. The Morgan fingerprint density at radius 2 is 1.58 bits per heavy atom. The van der Waals surface area contributed by atoms with Crippen LogP contribution in [0.5, 0.6) is 0 Å². The van der Waals surface area contributed by atoms with Crippen LogP contribution in [0.3, 0.4) is 0 Å². The summed E-state index contributed by atoms with van der Waals surface area (Å²) in [6.45, 7) is 14.3. The van der Waals surface area contributed by atoms with E-state index in [0.717, 1.165) is 37.9 Å². The normalized spacial score (nSPS) is 23.1. The van der Waals surface area contributed by atoms with Crippen molar-refractivity contribution in [2.75, 3.05) is 45.8 Å². The molecule has 2 aliphatic heterocycles. The Hall–Kier alpha value is -0.810. The summed E-state index contributed by atoms with van der Waals surface area (Å²) in [7, 11) is 0. The highest BCUT2D eigenvalue weighted by Crippen LogP contribution is 2.17. The summed E-state index contributed by atoms with van der Waals surface area (Å²) < 4.78 is 0. The molecular formula is C19H38N4O. The first kappa shape index (κ1) is 19.5. The number of nitrogens with one attached hydrogen (secondary N) is 2. The molecule has 0 spiro atoms. The number of rotatable bonds is 7. The molecule has 2 rings (SSSR count). The third-order valence-corrected chi connectivity index (χ3v) is 5.81. The van der Waals surface area contributed by atoms with Crippen molar-refractivity contribution in [2.45, 2.75) is 58.9 Å². The molecular weight excluding hydrogens is 300 g/mol. The van der Waals surface area contributed by atoms with Gasteiger partial charge in [-0.25, -0.2) is 4.79 Å². The molecule has 5 heteroatoms. The van der Waals surface area contributed by atoms with Gasteiger partial charge in [0.25, 0.3) is 0 Å². The van der Waals surface area contributed by atoms with E-state index in [9.17, 15) is 4.79 Å². The maximum absolute atomic E-state index is 11.9. The summed E-state index contributed by atoms with van der Waals surface area (Å²) in [4.78, 5) is 16.9. The first-order chi connectivity index (χ1) is 11.5. The van der Waals surface area contributed by atoms with Crippen LogP contribution in [0.1, 0.15) is 52.9 Å². The zero-order valence-corrected chi connectivity index (χ0v) is 16.0. The molecule has 0 radical (unpaired) electrons. The molecule has 0 saturated carbocycles. The number of carbonyl (C=O) groups excluding carboxylic acids is 1. The van der Waals surface area contributed by atoms with Gasteiger partial charge in [-0.3, -0.25) is 4.90 Å². The van der Waals surface area contributed by atoms with Gasteiger partial charge in [0.1, 0.15) is 0 Å². The van der Waals surface area contributed by atoms with Crippen molar-refractivity contribution in [1.29, 1.82) is 0 Å². The minimum absolute atomic E-state index is 0.0144. The van der Waals surface area contributed by atoms with Crippen LogP contribution in [-0.4, -0.2) is 67.7 Å². The Kier molecular flexibility index (Phi) is 8.33. The van der Waals surface area contributed by atoms with E-state index in [2.05, 4.69) is 41.2 Å². The lowest BCUT2D eigenvalue weighted by Gasteiger charge is -2.35. The minimum Gasteiger partial charge on any atom is -0.338 e. The monoisotopic (exact) mass is 338 g/mol. The van der Waals surface area contributed by atoms with Gasteiger partial charge in [-0.15, -0.1) is 0 Å². The lowest BCUT2D eigenvalue weighted by atomic mass is 9.98. The van der Waals surface area contributed by atoms with E-state index in [-0.39, 0.29) is 6.03 Å². The molecule has 140 valence electrons. The molecule has 24 heavy (non-hydrogen) atoms. The zero-order chi connectivity index (χ0) is 17.4. The van der Waals surface area contributed by atoms with Crippen molar-refractivity contribution >= 4 is 6.03 Å². The van der Waals surface area contributed by atoms with Crippen LogP contribution in [-0.2, 0) is 0 Å². The number of likely N-dealkylation sites (tertiary alicyclic amines) is 2. The van der Waals surface area contributed by atoms with Gasteiger partial charge in [0.2, 0.25) is 0 Å². The molecule has 2 heterocycles. The van der Waals surface area contributed by atoms with E-state index in [4.69, 9.17) is 0 Å². The second kappa shape index (κ2) is 10.2. The molecule has 0 aromatic heterocycles. The van der Waals surface area contributed by atoms with E-state index in [0.29, 0.717) is 6.04 Å². The highest BCUT2D eigenvalue weighted by Gasteiger charge is 2.20. The molecule has 5 nitrogen and oxygen atoms in total. The first-order valence-corrected chi connectivity index (χ1v) is 10.0. The van der Waals surface area contributed by atoms with Crippen molar-refractivity contribution in [3.8, 4) is 0 Å². The van der Waals surface area contributed by atoms with Crippen molar-refractivity contribution in [2.24, 2.45) is 11.8 Å². The second-order valence-electron chi connectivity index (χ2n) is 8.08. The Bertz CT molecular complexity index is 360. The van der Waals surface area contributed by atoms with Gasteiger partial charge in [0.05, 0.1) is 0 Å². The van der Waals surface area contributed by atoms with Crippen LogP contribution in [0.2, 0.25) is 0 Å². The van der Waals surface area contributed by atoms with Crippen LogP contribution in [0.4, 0.5) is 4.79 Å². The number of carbonyl (C=O) groups is 1. The standard InChI is InChI=1S/C19H38N4O/c1-16-5-11-22(12-6-16)10-4-9-20-19(24)21-15-18(3)23-13-7-17(2)8-14-23/h16-18H,4-15H2,1-3H3,(H2,20,21,24). The molecule has 0 aliphatic carbocycles. The lowest BCUT2D eigenvalue weighted by Crippen LogP contribution is -2.47. The maximum Gasteiger partial charge on any atom is 0.314 e. The van der Waals surface area contributed by atoms with Gasteiger partial charge in [0, 0.05) is 19.1 Å². The van der Waals surface area contributed by atoms with E-state index in [1.54, 1.807) is 0 Å². The molecule has 1 unspecified atom stereocenters. The molecule has 2 amide bonds. The van der Waals surface area contributed by atoms with Crippen LogP contribution < -0.4 is 10.6 Å². The molecule has 0 aromatic carbocycles. The second-order valence-corrected chi connectivity index (χ2v) is 8.08. The quantitative estimate of drug-likeness (QED) is 0.701. The molecule has 0 bridgehead atoms. The molecule has 2 saturated heterocycles. The number of piperidine rings is 2. The number of hydrogen-bond donors (Lipinski definition) is 2. The van der Waals surface area contributed by atoms with Crippen LogP contribution in [0, 0.1) is 11.8 Å². The molecule has 2 aliphatic rings. The van der Waals surface area contributed by atoms with Gasteiger partial charge in [-0.2, -0.15) is 0 Å². The van der Waals surface area contributed by atoms with E-state index in [1.165, 1.54) is 51.9 Å². The van der Waals surface area contributed by atoms with Crippen molar-refractivity contribution < 1.29 is 4.79 Å². The van der Waals surface area contributed by atoms with Gasteiger partial charge in [0.15, 0.2) is 0 Å². The Labute approximate surface area is 148 Å². The van der Waals surface area contributed by atoms with Crippen molar-refractivity contribution in [3.05, 3.63) is 0 Å². The zero-order valence-electron chi connectivity index (χ0n) is 16.0. The SMILES string of the molecule is CC1CCN(CCCNC(=O)NCC(C)N2CCC(C)CC2)CC1. The Morgan fingerprint density at radius 3 is 2.21 bits per heavy atom. The summed E-state index contributed by atoms with van der Waals surface area (Å²) in [5, 5.41) is 6.03. The Morgan fingerprint density at radius 1 is 1.00 bits per heavy atom. The van der Waals surface area contributed by atoms with Gasteiger partial charge < -0.3 is 15.5 Å². The highest BCUT2D eigenvalue weighted by atomic mass is 16.2. The summed E-state index contributed by atoms with van der Waals surface area (Å²) >= 11 is 0. The summed E-state index contributed by atoms with van der Waals surface area (Å²) in [5.74, 6) is 1.74. The predicted molar refractivity (Wildman–Crippen MR) is 100 cm³/mol. The van der Waals surface area contributed by atoms with Gasteiger partial charge >= 0.3 is 6.03 Å². The summed E-state index contributed by atoms with van der Waals surface area (Å²) in [5.41, 5.74) is 0. The lowest BCUT2D eigenvalue weighted by molar-refractivity contribution is 0.145. The third-order valence-electron chi connectivity index (χ3n) is 5.81. The van der Waals surface area contributed by atoms with Crippen molar-refractivity contribution in [3.63, 3.8) is 0 Å². The number of nitrogens with zero attached hydrogens (tertiary/aromatic N) is 2. The number of amides is 2. The van der Waals surface area contributed by atoms with Gasteiger partial charge in [-0.1, -0.05) is 13.8 Å². The van der Waals surface area contributed by atoms with E-state index in [1.807, 2.05) is 0 Å². The van der Waals surface area contributed by atoms with Gasteiger partial charge in [-0.05, 0) is 83.6 Å². The fourth-order valence-corrected chi connectivity index (χ4v) is 3.69. The molecule has 2 fully saturated rings. The average Bonchev–Trinajstić information content (AvgIpc) is 2.59. The Balaban J connectivity index is 1.49. The summed E-state index contributed by atoms with van der Waals surface area (Å²) in [6.07, 6.45) is 6.25. The predicted octanol–water partition coefficient (Wildman–Crippen LogP) is 2.53. The smallest absolute Gasteiger partial charge is 0.314 e. The minimum atomic E-state index is -0.0144. The van der Waals surface area contributed by atoms with Crippen LogP contribution >= 0.6 is 0 Å². The molecule has 0 aromatic rings. The first-order valence-electron chi connectivity index (χ1n) is 10.0. The van der Waals surface area contributed by atoms with Crippen LogP contribution in [0.25, 0.3) is 0 Å². The molecule has 1 atom stereocenters. The van der Waals surface area contributed by atoms with E-state index >= 15 is 0 Å². The topological polar surface area (TPSA) is 47.6 Å². The van der Waals surface area contributed by atoms with Crippen molar-refractivity contribution in [1.82, 2.24) is 20.4 Å². The highest BCUT2D eigenvalue weighted by molar-refractivity contribution is 5.73. The summed E-state index contributed by atoms with van der Waals surface area (Å²) in [6, 6.07) is 0.415. The third kappa shape index (κ3) is 6.98.